The zero-order chi connectivity index (χ0) is 17.3. The van der Waals surface area contributed by atoms with Crippen molar-refractivity contribution in [1.82, 2.24) is 14.1 Å². The van der Waals surface area contributed by atoms with Gasteiger partial charge < -0.3 is 4.40 Å². The zero-order valence-corrected chi connectivity index (χ0v) is 14.3. The van der Waals surface area contributed by atoms with E-state index in [2.05, 4.69) is 9.71 Å². The lowest BCUT2D eigenvalue weighted by atomic mass is 10.1. The number of aromatic nitrogens is 2. The second-order valence-electron chi connectivity index (χ2n) is 5.86. The fourth-order valence-corrected chi connectivity index (χ4v) is 3.91. The molecule has 0 saturated heterocycles. The van der Waals surface area contributed by atoms with Crippen LogP contribution in [0, 0.1) is 0 Å². The van der Waals surface area contributed by atoms with Crippen molar-refractivity contribution in [2.24, 2.45) is 0 Å². The van der Waals surface area contributed by atoms with Gasteiger partial charge in [0.05, 0.1) is 10.6 Å². The highest BCUT2D eigenvalue weighted by Crippen LogP contribution is 2.18. The Morgan fingerprint density at radius 2 is 1.76 bits per heavy atom. The van der Waals surface area contributed by atoms with Gasteiger partial charge in [0.25, 0.3) is 0 Å². The van der Waals surface area contributed by atoms with Gasteiger partial charge in [-0.15, -0.1) is 0 Å². The molecular weight excluding hydrogens is 334 g/mol. The van der Waals surface area contributed by atoms with Crippen LogP contribution in [0.15, 0.2) is 78.0 Å². The van der Waals surface area contributed by atoms with E-state index in [0.717, 1.165) is 22.1 Å². The number of nitrogens with zero attached hydrogens (tertiary/aromatic N) is 2. The molecule has 0 radical (unpaired) electrons. The molecule has 5 nitrogen and oxygen atoms in total. The minimum atomic E-state index is -3.54. The predicted octanol–water partition coefficient (Wildman–Crippen LogP) is 3.01. The Morgan fingerprint density at radius 1 is 0.960 bits per heavy atom. The summed E-state index contributed by atoms with van der Waals surface area (Å²) in [6, 6.07) is 18.6. The maximum atomic E-state index is 12.5. The maximum Gasteiger partial charge on any atom is 0.240 e. The average Bonchev–Trinajstić information content (AvgIpc) is 3.04. The van der Waals surface area contributed by atoms with Crippen LogP contribution in [0.4, 0.5) is 0 Å². The van der Waals surface area contributed by atoms with E-state index >= 15 is 0 Å². The summed E-state index contributed by atoms with van der Waals surface area (Å²) in [4.78, 5) is 4.75. The van der Waals surface area contributed by atoms with Crippen LogP contribution in [0.2, 0.25) is 0 Å². The Hall–Kier alpha value is -2.70. The van der Waals surface area contributed by atoms with Crippen LogP contribution in [0.1, 0.15) is 5.69 Å². The Bertz CT molecular complexity index is 1120. The van der Waals surface area contributed by atoms with Gasteiger partial charge >= 0.3 is 0 Å². The molecule has 0 atom stereocenters. The predicted molar refractivity (Wildman–Crippen MR) is 98.0 cm³/mol. The third-order valence-electron chi connectivity index (χ3n) is 4.12. The van der Waals surface area contributed by atoms with E-state index in [1.54, 1.807) is 12.1 Å². The molecule has 6 heteroatoms. The molecule has 126 valence electrons. The molecular formula is C19H17N3O2S. The minimum absolute atomic E-state index is 0.279. The summed E-state index contributed by atoms with van der Waals surface area (Å²) in [6.45, 7) is 0.305. The van der Waals surface area contributed by atoms with Gasteiger partial charge in [-0.25, -0.2) is 18.1 Å². The lowest BCUT2D eigenvalue weighted by Gasteiger charge is -2.07. The van der Waals surface area contributed by atoms with Crippen molar-refractivity contribution >= 4 is 26.4 Å². The van der Waals surface area contributed by atoms with Crippen molar-refractivity contribution in [3.8, 4) is 0 Å². The van der Waals surface area contributed by atoms with Gasteiger partial charge in [-0.1, -0.05) is 36.4 Å². The molecule has 1 N–H and O–H groups in total. The second-order valence-corrected chi connectivity index (χ2v) is 7.62. The van der Waals surface area contributed by atoms with Crippen LogP contribution in [0.3, 0.4) is 0 Å². The molecule has 2 aromatic heterocycles. The largest absolute Gasteiger partial charge is 0.307 e. The van der Waals surface area contributed by atoms with Crippen molar-refractivity contribution in [3.05, 3.63) is 78.8 Å². The minimum Gasteiger partial charge on any atom is -0.307 e. The lowest BCUT2D eigenvalue weighted by Crippen LogP contribution is -2.26. The van der Waals surface area contributed by atoms with E-state index in [9.17, 15) is 8.42 Å². The smallest absolute Gasteiger partial charge is 0.240 e. The van der Waals surface area contributed by atoms with Gasteiger partial charge in [-0.2, -0.15) is 0 Å². The monoisotopic (exact) mass is 351 g/mol. The first kappa shape index (κ1) is 15.8. The summed E-state index contributed by atoms with van der Waals surface area (Å²) >= 11 is 0. The highest BCUT2D eigenvalue weighted by atomic mass is 32.2. The molecule has 0 aliphatic rings. The Kier molecular flexibility index (Phi) is 3.99. The van der Waals surface area contributed by atoms with Crippen LogP contribution in [-0.2, 0) is 16.4 Å². The number of pyridine rings is 1. The normalized spacial score (nSPS) is 12.0. The molecule has 0 aliphatic heterocycles. The van der Waals surface area contributed by atoms with Gasteiger partial charge in [0, 0.05) is 25.4 Å². The van der Waals surface area contributed by atoms with Crippen molar-refractivity contribution in [3.63, 3.8) is 0 Å². The summed E-state index contributed by atoms with van der Waals surface area (Å²) in [5.41, 5.74) is 1.71. The molecule has 0 saturated carbocycles. The molecule has 0 unspecified atom stereocenters. The summed E-state index contributed by atoms with van der Waals surface area (Å²) in [5, 5.41) is 1.93. The van der Waals surface area contributed by atoms with Crippen molar-refractivity contribution in [2.45, 2.75) is 11.3 Å². The Balaban J connectivity index is 1.48. The number of nitrogens with one attached hydrogen (secondary N) is 1. The summed E-state index contributed by atoms with van der Waals surface area (Å²) < 4.78 is 29.6. The molecule has 2 aromatic carbocycles. The number of fused-ring (bicyclic) bond motifs is 2. The van der Waals surface area contributed by atoms with Crippen LogP contribution in [0.25, 0.3) is 16.4 Å². The summed E-state index contributed by atoms with van der Waals surface area (Å²) in [5.74, 6) is 0. The SMILES string of the molecule is O=S(=O)(NCCc1cn2ccccc2n1)c1ccc2ccccc2c1. The molecule has 25 heavy (non-hydrogen) atoms. The molecule has 0 aliphatic carbocycles. The summed E-state index contributed by atoms with van der Waals surface area (Å²) in [6.07, 6.45) is 4.37. The molecule has 2 heterocycles. The third-order valence-corrected chi connectivity index (χ3v) is 5.58. The molecule has 4 rings (SSSR count). The van der Waals surface area contributed by atoms with Crippen LogP contribution >= 0.6 is 0 Å². The lowest BCUT2D eigenvalue weighted by molar-refractivity contribution is 0.581. The third kappa shape index (κ3) is 3.26. The molecule has 0 amide bonds. The van der Waals surface area contributed by atoms with Gasteiger partial charge in [-0.3, -0.25) is 0 Å². The fourth-order valence-electron chi connectivity index (χ4n) is 2.84. The number of imidazole rings is 1. The zero-order valence-electron chi connectivity index (χ0n) is 13.5. The number of rotatable bonds is 5. The van der Waals surface area contributed by atoms with Crippen molar-refractivity contribution in [2.75, 3.05) is 6.54 Å². The first-order valence-corrected chi connectivity index (χ1v) is 9.51. The van der Waals surface area contributed by atoms with Gasteiger partial charge in [0.2, 0.25) is 10.0 Å². The number of benzene rings is 2. The first-order valence-electron chi connectivity index (χ1n) is 8.03. The molecule has 0 bridgehead atoms. The Morgan fingerprint density at radius 3 is 2.60 bits per heavy atom. The maximum absolute atomic E-state index is 12.5. The first-order chi connectivity index (χ1) is 12.1. The molecule has 0 fully saturated rings. The standard InChI is InChI=1S/C19H17N3O2S/c23-25(24,18-9-8-15-5-1-2-6-16(15)13-18)20-11-10-17-14-22-12-4-3-7-19(22)21-17/h1-9,12-14,20H,10-11H2. The van der Waals surface area contributed by atoms with E-state index in [1.807, 2.05) is 65.3 Å². The van der Waals surface area contributed by atoms with E-state index in [1.165, 1.54) is 0 Å². The molecule has 4 aromatic rings. The van der Waals surface area contributed by atoms with E-state index < -0.39 is 10.0 Å². The van der Waals surface area contributed by atoms with Crippen LogP contribution < -0.4 is 4.72 Å². The highest BCUT2D eigenvalue weighted by Gasteiger charge is 2.14. The number of sulfonamides is 1. The van der Waals surface area contributed by atoms with E-state index in [0.29, 0.717) is 13.0 Å². The number of hydrogen-bond acceptors (Lipinski definition) is 3. The van der Waals surface area contributed by atoms with Crippen LogP contribution in [-0.4, -0.2) is 24.3 Å². The highest BCUT2D eigenvalue weighted by molar-refractivity contribution is 7.89. The molecule has 0 spiro atoms. The topological polar surface area (TPSA) is 63.5 Å². The van der Waals surface area contributed by atoms with Gasteiger partial charge in [0.1, 0.15) is 5.65 Å². The van der Waals surface area contributed by atoms with Crippen molar-refractivity contribution in [1.29, 1.82) is 0 Å². The van der Waals surface area contributed by atoms with E-state index in [4.69, 9.17) is 0 Å². The number of hydrogen-bond donors (Lipinski definition) is 1. The van der Waals surface area contributed by atoms with Crippen LogP contribution in [0.5, 0.6) is 0 Å². The quantitative estimate of drug-likeness (QED) is 0.601. The Labute approximate surface area is 146 Å². The van der Waals surface area contributed by atoms with Gasteiger partial charge in [0.15, 0.2) is 0 Å². The van der Waals surface area contributed by atoms with Gasteiger partial charge in [-0.05, 0) is 35.0 Å². The summed E-state index contributed by atoms with van der Waals surface area (Å²) in [7, 11) is -3.54. The van der Waals surface area contributed by atoms with Crippen molar-refractivity contribution < 1.29 is 8.42 Å². The van der Waals surface area contributed by atoms with E-state index in [-0.39, 0.29) is 4.90 Å². The second kappa shape index (κ2) is 6.31. The fraction of sp³-hybridized carbons (Fsp3) is 0.105. The average molecular weight is 351 g/mol.